The van der Waals surface area contributed by atoms with Crippen molar-refractivity contribution in [1.29, 1.82) is 0 Å². The molecule has 2 saturated heterocycles. The SMILES string of the molecule is CC[C@]12C=CCN3CC[C@@]4(c5cc([C@@]6(C(=O)OC)C[C@@H]7C[C@@H](C(C)(F)F)C[N@](CCc8c6[nH]c6ccc(C(C)C)cc86)C7)c(OC)cc5N(C)[C@H]4[C@@](O)(C(=O)OC)[C@@H]1OC(C)=O)[C@@H]32. The molecule has 12 nitrogen and oxygen atoms in total. The van der Waals surface area contributed by atoms with E-state index in [1.54, 1.807) is 7.11 Å². The lowest BCUT2D eigenvalue weighted by Gasteiger charge is -2.63. The van der Waals surface area contributed by atoms with Crippen LogP contribution in [0.3, 0.4) is 0 Å². The predicted octanol–water partition coefficient (Wildman–Crippen LogP) is 6.24. The van der Waals surface area contributed by atoms with Crippen LogP contribution in [0.15, 0.2) is 42.5 Å². The molecular weight excluding hydrogens is 811 g/mol. The third kappa shape index (κ3) is 5.94. The number of hydrogen-bond donors (Lipinski definition) is 2. The highest BCUT2D eigenvalue weighted by Gasteiger charge is 2.80. The fourth-order valence-corrected chi connectivity index (χ4v) is 13.9. The number of fused-ring (bicyclic) bond motifs is 6. The lowest BCUT2D eigenvalue weighted by Crippen LogP contribution is -2.81. The normalized spacial score (nSPS) is 34.6. The number of ether oxygens (including phenoxy) is 4. The maximum absolute atomic E-state index is 15.5. The second-order valence-electron chi connectivity index (χ2n) is 19.7. The average molecular weight is 873 g/mol. The number of hydrogen-bond acceptors (Lipinski definition) is 11. The van der Waals surface area contributed by atoms with Gasteiger partial charge in [-0.1, -0.05) is 39.0 Å². The van der Waals surface area contributed by atoms with Crippen LogP contribution < -0.4 is 9.64 Å². The van der Waals surface area contributed by atoms with Gasteiger partial charge in [0.25, 0.3) is 0 Å². The smallest absolute Gasteiger partial charge is 0.344 e. The molecule has 6 heterocycles. The van der Waals surface area contributed by atoms with Gasteiger partial charge in [-0.25, -0.2) is 13.6 Å². The van der Waals surface area contributed by atoms with Crippen molar-refractivity contribution < 1.29 is 47.2 Å². The Bertz CT molecular complexity index is 2400. The largest absolute Gasteiger partial charge is 0.496 e. The molecule has 2 bridgehead atoms. The standard InChI is InChI=1S/C49H62F2N4O8/c1-10-46-15-11-17-55-19-16-47(40(46)55)34-22-35(38(60-7)23-37(34)53(6)41(47)49(59,44(58)62-9)42(46)63-28(4)56)48(43(57)61-8)24-29-20-31(45(5,50)51)26-54(25-29)18-14-32-33-21-30(27(2)3)12-13-36(33)52-39(32)48/h11-13,15,21-23,27,29,31,40-42,52,59H,10,14,16-20,24-26H2,1-9H3/t29-,31+,40-,41+,42+,46+,47+,48-,49-/m0/s1. The zero-order valence-electron chi connectivity index (χ0n) is 38.0. The Hall–Kier alpha value is -4.53. The van der Waals surface area contributed by atoms with Gasteiger partial charge in [0, 0.05) is 96.9 Å². The van der Waals surface area contributed by atoms with Crippen molar-refractivity contribution in [3.8, 4) is 5.75 Å². The van der Waals surface area contributed by atoms with Gasteiger partial charge in [0.1, 0.15) is 11.2 Å². The van der Waals surface area contributed by atoms with Crippen molar-refractivity contribution in [2.45, 2.75) is 113 Å². The first-order valence-corrected chi connectivity index (χ1v) is 22.6. The van der Waals surface area contributed by atoms with Crippen molar-refractivity contribution in [3.63, 3.8) is 0 Å². The van der Waals surface area contributed by atoms with E-state index in [1.165, 1.54) is 21.1 Å². The van der Waals surface area contributed by atoms with E-state index in [-0.39, 0.29) is 37.3 Å². The van der Waals surface area contributed by atoms with E-state index < -0.39 is 63.7 Å². The number of piperidine rings is 1. The summed E-state index contributed by atoms with van der Waals surface area (Å²) >= 11 is 0. The van der Waals surface area contributed by atoms with Crippen LogP contribution in [0.1, 0.15) is 94.2 Å². The molecule has 14 heteroatoms. The number of nitrogens with one attached hydrogen (secondary N) is 1. The van der Waals surface area contributed by atoms with Gasteiger partial charge >= 0.3 is 17.9 Å². The van der Waals surface area contributed by atoms with E-state index in [9.17, 15) is 14.7 Å². The lowest BCUT2D eigenvalue weighted by molar-refractivity contribution is -0.228. The molecule has 2 aromatic carbocycles. The molecule has 0 unspecified atom stereocenters. The first-order chi connectivity index (χ1) is 29.9. The Morgan fingerprint density at radius 3 is 2.41 bits per heavy atom. The van der Waals surface area contributed by atoms with Crippen LogP contribution in [0, 0.1) is 17.3 Å². The Morgan fingerprint density at radius 1 is 1.02 bits per heavy atom. The average Bonchev–Trinajstić information content (AvgIpc) is 3.92. The second-order valence-corrected chi connectivity index (χ2v) is 19.7. The number of likely N-dealkylation sites (N-methyl/N-ethyl adjacent to an activating group) is 1. The molecule has 10 atom stereocenters. The molecular formula is C49H62F2N4O8. The zero-order chi connectivity index (χ0) is 45.2. The molecule has 5 aliphatic heterocycles. The minimum Gasteiger partial charge on any atom is -0.496 e. The molecule has 0 radical (unpaired) electrons. The van der Waals surface area contributed by atoms with Crippen molar-refractivity contribution in [2.24, 2.45) is 17.3 Å². The molecule has 1 aliphatic carbocycles. The van der Waals surface area contributed by atoms with Crippen LogP contribution in [-0.2, 0) is 45.8 Å². The van der Waals surface area contributed by atoms with Crippen LogP contribution in [0.2, 0.25) is 0 Å². The van der Waals surface area contributed by atoms with Gasteiger partial charge in [0.2, 0.25) is 11.5 Å². The molecule has 6 aliphatic rings. The number of rotatable bonds is 8. The van der Waals surface area contributed by atoms with Gasteiger partial charge in [-0.05, 0) is 92.3 Å². The quantitative estimate of drug-likeness (QED) is 0.151. The first-order valence-electron chi connectivity index (χ1n) is 22.6. The number of esters is 3. The van der Waals surface area contributed by atoms with Gasteiger partial charge < -0.3 is 38.8 Å². The van der Waals surface area contributed by atoms with E-state index in [2.05, 4.69) is 46.8 Å². The highest BCUT2D eigenvalue weighted by atomic mass is 19.3. The highest BCUT2D eigenvalue weighted by Crippen LogP contribution is 2.68. The number of carbonyl (C=O) groups is 3. The minimum absolute atomic E-state index is 0.152. The summed E-state index contributed by atoms with van der Waals surface area (Å²) in [4.78, 5) is 53.1. The van der Waals surface area contributed by atoms with E-state index in [0.717, 1.165) is 34.5 Å². The van der Waals surface area contributed by atoms with E-state index in [0.29, 0.717) is 68.1 Å². The molecule has 3 aromatic rings. The lowest BCUT2D eigenvalue weighted by atomic mass is 9.47. The number of aromatic amines is 1. The van der Waals surface area contributed by atoms with Crippen molar-refractivity contribution in [2.75, 3.05) is 66.0 Å². The van der Waals surface area contributed by atoms with E-state index >= 15 is 13.6 Å². The van der Waals surface area contributed by atoms with Gasteiger partial charge in [0.05, 0.1) is 27.4 Å². The maximum atomic E-state index is 15.5. The fourth-order valence-electron chi connectivity index (χ4n) is 13.9. The van der Waals surface area contributed by atoms with Crippen LogP contribution in [-0.4, -0.2) is 129 Å². The van der Waals surface area contributed by atoms with Gasteiger partial charge in [0.15, 0.2) is 6.10 Å². The molecule has 340 valence electrons. The predicted molar refractivity (Wildman–Crippen MR) is 233 cm³/mol. The summed E-state index contributed by atoms with van der Waals surface area (Å²) in [5.74, 6) is -5.69. The first kappa shape index (κ1) is 43.7. The molecule has 0 amide bonds. The molecule has 3 fully saturated rings. The van der Waals surface area contributed by atoms with Crippen molar-refractivity contribution >= 4 is 34.5 Å². The topological polar surface area (TPSA) is 134 Å². The summed E-state index contributed by atoms with van der Waals surface area (Å²) in [6.45, 7) is 11.1. The van der Waals surface area contributed by atoms with Gasteiger partial charge in [-0.3, -0.25) is 14.5 Å². The number of carbonyl (C=O) groups excluding carboxylic acids is 3. The Labute approximate surface area is 368 Å². The van der Waals surface area contributed by atoms with E-state index in [1.807, 2.05) is 43.2 Å². The summed E-state index contributed by atoms with van der Waals surface area (Å²) in [5.41, 5.74) is -0.371. The zero-order valence-corrected chi connectivity index (χ0v) is 38.0. The molecule has 2 N–H and O–H groups in total. The number of nitrogens with zero attached hydrogens (tertiary/aromatic N) is 3. The highest BCUT2D eigenvalue weighted by molar-refractivity contribution is 5.95. The Morgan fingerprint density at radius 2 is 1.76 bits per heavy atom. The second kappa shape index (κ2) is 15.0. The Kier molecular flexibility index (Phi) is 10.4. The fraction of sp³-hybridized carbons (Fsp3) is 0.612. The number of methoxy groups -OCH3 is 3. The van der Waals surface area contributed by atoms with Crippen LogP contribution in [0.25, 0.3) is 10.9 Å². The molecule has 1 spiro atoms. The number of benzene rings is 2. The third-order valence-corrected chi connectivity index (χ3v) is 16.4. The Balaban J connectivity index is 1.36. The minimum atomic E-state index is -2.94. The number of anilines is 1. The number of H-pyrrole nitrogens is 1. The monoisotopic (exact) mass is 872 g/mol. The summed E-state index contributed by atoms with van der Waals surface area (Å²) in [6, 6.07) is 8.91. The summed E-state index contributed by atoms with van der Waals surface area (Å²) in [5, 5.41) is 14.3. The summed E-state index contributed by atoms with van der Waals surface area (Å²) in [7, 11) is 5.99. The number of aliphatic hydroxyl groups is 1. The molecule has 1 saturated carbocycles. The third-order valence-electron chi connectivity index (χ3n) is 16.4. The van der Waals surface area contributed by atoms with Crippen LogP contribution in [0.5, 0.6) is 5.75 Å². The van der Waals surface area contributed by atoms with Crippen LogP contribution >= 0.6 is 0 Å². The summed E-state index contributed by atoms with van der Waals surface area (Å²) in [6.07, 6.45) is 4.54. The summed E-state index contributed by atoms with van der Waals surface area (Å²) < 4.78 is 54.9. The van der Waals surface area contributed by atoms with Crippen molar-refractivity contribution in [3.05, 3.63) is 70.4 Å². The number of aromatic nitrogens is 1. The van der Waals surface area contributed by atoms with Gasteiger partial charge in [-0.15, -0.1) is 0 Å². The molecule has 9 rings (SSSR count). The molecule has 63 heavy (non-hydrogen) atoms. The maximum Gasteiger partial charge on any atom is 0.344 e. The van der Waals surface area contributed by atoms with Gasteiger partial charge in [-0.2, -0.15) is 0 Å². The number of halogens is 2. The van der Waals surface area contributed by atoms with E-state index in [4.69, 9.17) is 18.9 Å². The van der Waals surface area contributed by atoms with Crippen molar-refractivity contribution in [1.82, 2.24) is 14.8 Å². The number of alkyl halides is 2. The van der Waals surface area contributed by atoms with Crippen LogP contribution in [0.4, 0.5) is 14.5 Å². The molecule has 1 aromatic heterocycles.